The first-order chi connectivity index (χ1) is 8.58. The van der Waals surface area contributed by atoms with Crippen molar-refractivity contribution in [3.63, 3.8) is 0 Å². The molecule has 2 rings (SSSR count). The summed E-state index contributed by atoms with van der Waals surface area (Å²) in [5.74, 6) is 0.0876. The zero-order valence-electron chi connectivity index (χ0n) is 11.2. The second-order valence-corrected chi connectivity index (χ2v) is 5.31. The minimum Gasteiger partial charge on any atom is -0.338 e. The number of likely N-dealkylation sites (tertiary alicyclic amines) is 1. The lowest BCUT2D eigenvalue weighted by molar-refractivity contribution is -0.132. The van der Waals surface area contributed by atoms with Gasteiger partial charge in [-0.05, 0) is 38.7 Å². The fourth-order valence-electron chi connectivity index (χ4n) is 2.60. The quantitative estimate of drug-likeness (QED) is 0.885. The molecule has 2 N–H and O–H groups in total. The number of hydrogen-bond acceptors (Lipinski definition) is 2. The van der Waals surface area contributed by atoms with E-state index < -0.39 is 0 Å². The van der Waals surface area contributed by atoms with E-state index >= 15 is 0 Å². The summed E-state index contributed by atoms with van der Waals surface area (Å²) >= 11 is 0. The molecule has 0 radical (unpaired) electrons. The smallest absolute Gasteiger partial charge is 0.239 e. The largest absolute Gasteiger partial charge is 0.338 e. The lowest BCUT2D eigenvalue weighted by Gasteiger charge is -2.26. The predicted octanol–water partition coefficient (Wildman–Crippen LogP) is 1.88. The Morgan fingerprint density at radius 3 is 2.72 bits per heavy atom. The topological polar surface area (TPSA) is 46.3 Å². The number of hydrogen-bond donors (Lipinski definition) is 1. The molecule has 0 saturated carbocycles. The lowest BCUT2D eigenvalue weighted by Crippen LogP contribution is -2.45. The van der Waals surface area contributed by atoms with E-state index in [0.717, 1.165) is 25.8 Å². The third-order valence-corrected chi connectivity index (χ3v) is 3.64. The fraction of sp³-hybridized carbons (Fsp3) is 0.533. The molecule has 3 nitrogen and oxygen atoms in total. The summed E-state index contributed by atoms with van der Waals surface area (Å²) < 4.78 is 0. The van der Waals surface area contributed by atoms with Gasteiger partial charge in [-0.2, -0.15) is 0 Å². The minimum absolute atomic E-state index is 0.0876. The maximum Gasteiger partial charge on any atom is 0.239 e. The van der Waals surface area contributed by atoms with Crippen LogP contribution in [0.3, 0.4) is 0 Å². The highest BCUT2D eigenvalue weighted by atomic mass is 16.2. The highest BCUT2D eigenvalue weighted by molar-refractivity contribution is 5.81. The van der Waals surface area contributed by atoms with Crippen molar-refractivity contribution in [2.24, 2.45) is 5.73 Å². The van der Waals surface area contributed by atoms with E-state index in [0.29, 0.717) is 6.04 Å². The Balaban J connectivity index is 2.04. The van der Waals surface area contributed by atoms with Crippen molar-refractivity contribution in [1.29, 1.82) is 0 Å². The van der Waals surface area contributed by atoms with E-state index in [-0.39, 0.29) is 11.9 Å². The molecule has 0 aromatic heterocycles. The van der Waals surface area contributed by atoms with Crippen LogP contribution in [0.2, 0.25) is 0 Å². The van der Waals surface area contributed by atoms with Gasteiger partial charge in [0.25, 0.3) is 0 Å². The summed E-state index contributed by atoms with van der Waals surface area (Å²) in [6, 6.07) is 8.50. The van der Waals surface area contributed by atoms with E-state index in [1.807, 2.05) is 4.90 Å². The summed E-state index contributed by atoms with van der Waals surface area (Å²) in [5, 5.41) is 0. The number of benzene rings is 1. The zero-order valence-corrected chi connectivity index (χ0v) is 11.2. The van der Waals surface area contributed by atoms with Gasteiger partial charge in [-0.1, -0.05) is 29.8 Å². The van der Waals surface area contributed by atoms with Crippen LogP contribution in [0, 0.1) is 6.92 Å². The van der Waals surface area contributed by atoms with Gasteiger partial charge >= 0.3 is 0 Å². The maximum absolute atomic E-state index is 12.0. The number of rotatable bonds is 3. The van der Waals surface area contributed by atoms with Crippen molar-refractivity contribution in [1.82, 2.24) is 4.90 Å². The first-order valence-electron chi connectivity index (χ1n) is 6.69. The van der Waals surface area contributed by atoms with E-state index in [4.69, 9.17) is 5.73 Å². The van der Waals surface area contributed by atoms with E-state index in [9.17, 15) is 4.79 Å². The Morgan fingerprint density at radius 2 is 2.11 bits per heavy atom. The summed E-state index contributed by atoms with van der Waals surface area (Å²) in [6.07, 6.45) is 3.13. The third kappa shape index (κ3) is 2.91. The van der Waals surface area contributed by atoms with Crippen molar-refractivity contribution in [3.05, 3.63) is 35.4 Å². The van der Waals surface area contributed by atoms with Crippen molar-refractivity contribution in [2.45, 2.75) is 45.2 Å². The van der Waals surface area contributed by atoms with Crippen molar-refractivity contribution in [2.75, 3.05) is 6.54 Å². The number of nitrogens with two attached hydrogens (primary N) is 1. The summed E-state index contributed by atoms with van der Waals surface area (Å²) in [5.41, 5.74) is 8.27. The van der Waals surface area contributed by atoms with Gasteiger partial charge < -0.3 is 10.6 Å². The minimum atomic E-state index is -0.386. The molecule has 1 heterocycles. The van der Waals surface area contributed by atoms with Gasteiger partial charge in [0.15, 0.2) is 0 Å². The van der Waals surface area contributed by atoms with Crippen molar-refractivity contribution in [3.8, 4) is 0 Å². The molecule has 18 heavy (non-hydrogen) atoms. The van der Waals surface area contributed by atoms with Crippen LogP contribution >= 0.6 is 0 Å². The Labute approximate surface area is 109 Å². The number of aryl methyl sites for hydroxylation is 1. The van der Waals surface area contributed by atoms with Crippen molar-refractivity contribution < 1.29 is 4.79 Å². The molecule has 2 atom stereocenters. The molecule has 98 valence electrons. The molecule has 1 fully saturated rings. The van der Waals surface area contributed by atoms with Gasteiger partial charge in [0.2, 0.25) is 5.91 Å². The normalized spacial score (nSPS) is 21.1. The first-order valence-corrected chi connectivity index (χ1v) is 6.69. The Bertz CT molecular complexity index is 411. The number of amides is 1. The molecule has 0 bridgehead atoms. The maximum atomic E-state index is 12.0. The molecule has 3 heteroatoms. The summed E-state index contributed by atoms with van der Waals surface area (Å²) in [4.78, 5) is 14.0. The number of carbonyl (C=O) groups is 1. The first kappa shape index (κ1) is 13.1. The number of nitrogens with zero attached hydrogens (tertiary/aromatic N) is 1. The average molecular weight is 246 g/mol. The summed E-state index contributed by atoms with van der Waals surface area (Å²) in [6.45, 7) is 4.71. The summed E-state index contributed by atoms with van der Waals surface area (Å²) in [7, 11) is 0. The van der Waals surface area contributed by atoms with Crippen LogP contribution in [-0.4, -0.2) is 29.4 Å². The van der Waals surface area contributed by atoms with Gasteiger partial charge in [0.1, 0.15) is 0 Å². The Kier molecular flexibility index (Phi) is 4.02. The van der Waals surface area contributed by atoms with Crippen LogP contribution in [-0.2, 0) is 11.2 Å². The van der Waals surface area contributed by atoms with Crippen LogP contribution in [0.4, 0.5) is 0 Å². The zero-order chi connectivity index (χ0) is 13.1. The van der Waals surface area contributed by atoms with E-state index in [1.165, 1.54) is 11.1 Å². The molecular weight excluding hydrogens is 224 g/mol. The molecule has 1 aliphatic rings. The van der Waals surface area contributed by atoms with Gasteiger partial charge in [-0.25, -0.2) is 0 Å². The molecule has 1 amide bonds. The molecule has 0 spiro atoms. The fourth-order valence-corrected chi connectivity index (χ4v) is 2.60. The number of carbonyl (C=O) groups excluding carboxylic acids is 1. The van der Waals surface area contributed by atoms with Crippen molar-refractivity contribution >= 4 is 5.91 Å². The van der Waals surface area contributed by atoms with Gasteiger partial charge in [-0.3, -0.25) is 4.79 Å². The van der Waals surface area contributed by atoms with Gasteiger partial charge in [0, 0.05) is 12.6 Å². The van der Waals surface area contributed by atoms with E-state index in [2.05, 4.69) is 31.2 Å². The van der Waals surface area contributed by atoms with Crippen LogP contribution in [0.25, 0.3) is 0 Å². The molecule has 1 saturated heterocycles. The van der Waals surface area contributed by atoms with Gasteiger partial charge in [0.05, 0.1) is 6.04 Å². The molecular formula is C15H22N2O. The molecule has 1 aromatic rings. The highest BCUT2D eigenvalue weighted by Gasteiger charge is 2.29. The lowest BCUT2D eigenvalue weighted by atomic mass is 10.0. The SMILES string of the molecule is Cc1ccc(CC2CCCN2C(=O)[C@H](C)N)cc1. The van der Waals surface area contributed by atoms with Crippen LogP contribution in [0.1, 0.15) is 30.9 Å². The van der Waals surface area contributed by atoms with Gasteiger partial charge in [-0.15, -0.1) is 0 Å². The monoisotopic (exact) mass is 246 g/mol. The van der Waals surface area contributed by atoms with Crippen LogP contribution in [0.15, 0.2) is 24.3 Å². The predicted molar refractivity (Wildman–Crippen MR) is 73.3 cm³/mol. The van der Waals surface area contributed by atoms with E-state index in [1.54, 1.807) is 6.92 Å². The van der Waals surface area contributed by atoms with Crippen LogP contribution in [0.5, 0.6) is 0 Å². The Morgan fingerprint density at radius 1 is 1.44 bits per heavy atom. The third-order valence-electron chi connectivity index (χ3n) is 3.64. The van der Waals surface area contributed by atoms with Crippen LogP contribution < -0.4 is 5.73 Å². The second kappa shape index (κ2) is 5.53. The molecule has 1 unspecified atom stereocenters. The Hall–Kier alpha value is -1.35. The second-order valence-electron chi connectivity index (χ2n) is 5.31. The molecule has 1 aliphatic heterocycles. The molecule has 1 aromatic carbocycles. The highest BCUT2D eigenvalue weighted by Crippen LogP contribution is 2.22. The standard InChI is InChI=1S/C15H22N2O/c1-11-5-7-13(8-6-11)10-14-4-3-9-17(14)15(18)12(2)16/h5-8,12,14H,3-4,9-10,16H2,1-2H3/t12-,14?/m0/s1. The molecule has 0 aliphatic carbocycles. The average Bonchev–Trinajstić information content (AvgIpc) is 2.79.